The third kappa shape index (κ3) is 4.89. The Balaban J connectivity index is 1.61. The molecule has 4 aromatic rings. The van der Waals surface area contributed by atoms with Gasteiger partial charge in [-0.1, -0.05) is 36.0 Å². The van der Waals surface area contributed by atoms with E-state index in [0.717, 1.165) is 16.1 Å². The number of hydrogen-bond acceptors (Lipinski definition) is 8. The van der Waals surface area contributed by atoms with Crippen LogP contribution in [0.15, 0.2) is 65.1 Å². The summed E-state index contributed by atoms with van der Waals surface area (Å²) in [6, 6.07) is 16.0. The second-order valence-electron chi connectivity index (χ2n) is 6.91. The largest absolute Gasteiger partial charge is 0.495 e. The van der Waals surface area contributed by atoms with E-state index in [1.165, 1.54) is 35.2 Å². The van der Waals surface area contributed by atoms with Crippen LogP contribution in [0.5, 0.6) is 5.75 Å². The molecule has 1 N–H and O–H groups in total. The van der Waals surface area contributed by atoms with Gasteiger partial charge in [0.1, 0.15) is 11.4 Å². The highest BCUT2D eigenvalue weighted by molar-refractivity contribution is 7.99. The summed E-state index contributed by atoms with van der Waals surface area (Å²) in [4.78, 5) is 24.4. The second kappa shape index (κ2) is 9.84. The van der Waals surface area contributed by atoms with Crippen molar-refractivity contribution in [3.63, 3.8) is 0 Å². The topological polar surface area (TPSA) is 112 Å². The quantitative estimate of drug-likeness (QED) is 0.215. The van der Waals surface area contributed by atoms with Gasteiger partial charge in [-0.2, -0.15) is 0 Å². The van der Waals surface area contributed by atoms with Gasteiger partial charge in [0.2, 0.25) is 5.91 Å². The van der Waals surface area contributed by atoms with Crippen LogP contribution >= 0.6 is 23.1 Å². The maximum atomic E-state index is 12.6. The smallest absolute Gasteiger partial charge is 0.293 e. The number of carbonyl (C=O) groups excluding carboxylic acids is 1. The Morgan fingerprint density at radius 2 is 2.03 bits per heavy atom. The molecule has 0 saturated heterocycles. The molecule has 168 valence electrons. The van der Waals surface area contributed by atoms with Crippen LogP contribution in [0.2, 0.25) is 0 Å². The fourth-order valence-electron chi connectivity index (χ4n) is 3.18. The predicted octanol–water partition coefficient (Wildman–Crippen LogP) is 4.95. The van der Waals surface area contributed by atoms with E-state index in [2.05, 4.69) is 15.5 Å². The Kier molecular flexibility index (Phi) is 6.71. The minimum absolute atomic E-state index is 0.0112. The number of carbonyl (C=O) groups is 1. The van der Waals surface area contributed by atoms with Gasteiger partial charge in [-0.05, 0) is 42.1 Å². The first-order chi connectivity index (χ1) is 16.0. The van der Waals surface area contributed by atoms with Crippen molar-refractivity contribution < 1.29 is 14.5 Å². The molecule has 0 spiro atoms. The zero-order chi connectivity index (χ0) is 23.4. The number of anilines is 1. The Bertz CT molecular complexity index is 1300. The number of amides is 1. The number of aryl methyl sites for hydroxylation is 1. The molecule has 0 unspecified atom stereocenters. The number of methoxy groups -OCH3 is 1. The number of nitro groups is 1. The molecule has 0 aliphatic heterocycles. The number of rotatable bonds is 8. The van der Waals surface area contributed by atoms with E-state index in [0.29, 0.717) is 16.7 Å². The summed E-state index contributed by atoms with van der Waals surface area (Å²) < 4.78 is 7.37. The van der Waals surface area contributed by atoms with Crippen molar-refractivity contribution >= 4 is 40.4 Å². The third-order valence-electron chi connectivity index (χ3n) is 4.66. The molecule has 1 amide bonds. The Hall–Kier alpha value is -3.70. The van der Waals surface area contributed by atoms with Gasteiger partial charge in [0.15, 0.2) is 11.0 Å². The number of aromatic nitrogens is 3. The summed E-state index contributed by atoms with van der Waals surface area (Å²) in [5, 5.41) is 25.0. The lowest BCUT2D eigenvalue weighted by molar-refractivity contribution is -0.384. The number of nitrogens with one attached hydrogen (secondary N) is 1. The summed E-state index contributed by atoms with van der Waals surface area (Å²) >= 11 is 2.71. The van der Waals surface area contributed by atoms with Crippen molar-refractivity contribution in [2.24, 2.45) is 0 Å². The van der Waals surface area contributed by atoms with E-state index in [9.17, 15) is 14.9 Å². The SMILES string of the molecule is COc1ccccc1-n1c(SCC(=O)Nc2ccc(C)cc2[N+](=O)[O-])nnc1-c1cccs1. The Morgan fingerprint density at radius 1 is 1.21 bits per heavy atom. The number of hydrogen-bond donors (Lipinski definition) is 1. The maximum absolute atomic E-state index is 12.6. The molecule has 2 aromatic heterocycles. The van der Waals surface area contributed by atoms with E-state index in [1.807, 2.05) is 46.3 Å². The molecule has 0 atom stereocenters. The first kappa shape index (κ1) is 22.5. The Labute approximate surface area is 197 Å². The molecule has 2 heterocycles. The molecule has 0 fully saturated rings. The molecule has 0 bridgehead atoms. The number of nitrogens with zero attached hydrogens (tertiary/aromatic N) is 4. The molecular weight excluding hydrogens is 462 g/mol. The molecule has 2 aromatic carbocycles. The number of nitro benzene ring substituents is 1. The normalized spacial score (nSPS) is 10.7. The summed E-state index contributed by atoms with van der Waals surface area (Å²) in [5.74, 6) is 0.866. The zero-order valence-electron chi connectivity index (χ0n) is 17.7. The van der Waals surface area contributed by atoms with E-state index in [1.54, 1.807) is 20.1 Å². The first-order valence-corrected chi connectivity index (χ1v) is 11.6. The highest BCUT2D eigenvalue weighted by Crippen LogP contribution is 2.34. The highest BCUT2D eigenvalue weighted by Gasteiger charge is 2.21. The van der Waals surface area contributed by atoms with Crippen molar-refractivity contribution in [3.8, 4) is 22.1 Å². The van der Waals surface area contributed by atoms with Crippen molar-refractivity contribution in [2.45, 2.75) is 12.1 Å². The van der Waals surface area contributed by atoms with Gasteiger partial charge in [-0.15, -0.1) is 21.5 Å². The van der Waals surface area contributed by atoms with Crippen LogP contribution in [0.25, 0.3) is 16.4 Å². The van der Waals surface area contributed by atoms with E-state index < -0.39 is 4.92 Å². The van der Waals surface area contributed by atoms with Crippen molar-refractivity contribution in [3.05, 3.63) is 75.7 Å². The van der Waals surface area contributed by atoms with E-state index in [-0.39, 0.29) is 23.0 Å². The van der Waals surface area contributed by atoms with Crippen LogP contribution < -0.4 is 10.1 Å². The van der Waals surface area contributed by atoms with Crippen LogP contribution in [-0.4, -0.2) is 38.5 Å². The molecule has 0 radical (unpaired) electrons. The minimum atomic E-state index is -0.513. The number of ether oxygens (including phenoxy) is 1. The fraction of sp³-hybridized carbons (Fsp3) is 0.136. The van der Waals surface area contributed by atoms with Crippen LogP contribution in [-0.2, 0) is 4.79 Å². The van der Waals surface area contributed by atoms with Crippen molar-refractivity contribution in [2.75, 3.05) is 18.2 Å². The summed E-state index contributed by atoms with van der Waals surface area (Å²) in [7, 11) is 1.59. The van der Waals surface area contributed by atoms with Gasteiger partial charge in [-0.3, -0.25) is 19.5 Å². The molecule has 11 heteroatoms. The lowest BCUT2D eigenvalue weighted by atomic mass is 10.2. The standard InChI is InChI=1S/C22H19N5O4S2/c1-14-9-10-15(17(12-14)27(29)30)23-20(28)13-33-22-25-24-21(19-8-5-11-32-19)26(22)16-6-3-4-7-18(16)31-2/h3-12H,13H2,1-2H3,(H,23,28). The molecule has 33 heavy (non-hydrogen) atoms. The monoisotopic (exact) mass is 481 g/mol. The van der Waals surface area contributed by atoms with Gasteiger partial charge < -0.3 is 10.1 Å². The molecular formula is C22H19N5O4S2. The van der Waals surface area contributed by atoms with Gasteiger partial charge in [-0.25, -0.2) is 0 Å². The van der Waals surface area contributed by atoms with Gasteiger partial charge in [0, 0.05) is 6.07 Å². The van der Waals surface area contributed by atoms with Gasteiger partial charge >= 0.3 is 0 Å². The van der Waals surface area contributed by atoms with Crippen molar-refractivity contribution in [1.29, 1.82) is 0 Å². The molecule has 0 aliphatic carbocycles. The summed E-state index contributed by atoms with van der Waals surface area (Å²) in [6.45, 7) is 1.75. The maximum Gasteiger partial charge on any atom is 0.293 e. The number of benzene rings is 2. The molecule has 9 nitrogen and oxygen atoms in total. The van der Waals surface area contributed by atoms with Crippen molar-refractivity contribution in [1.82, 2.24) is 14.8 Å². The van der Waals surface area contributed by atoms with Crippen LogP contribution in [0.3, 0.4) is 0 Å². The first-order valence-electron chi connectivity index (χ1n) is 9.78. The zero-order valence-corrected chi connectivity index (χ0v) is 19.4. The lowest BCUT2D eigenvalue weighted by Gasteiger charge is -2.13. The van der Waals surface area contributed by atoms with Crippen LogP contribution in [0, 0.1) is 17.0 Å². The summed E-state index contributed by atoms with van der Waals surface area (Å²) in [6.07, 6.45) is 0. The predicted molar refractivity (Wildman–Crippen MR) is 128 cm³/mol. The average molecular weight is 482 g/mol. The van der Waals surface area contributed by atoms with Gasteiger partial charge in [0.25, 0.3) is 5.69 Å². The number of thioether (sulfide) groups is 1. The van der Waals surface area contributed by atoms with E-state index >= 15 is 0 Å². The van der Waals surface area contributed by atoms with Crippen LogP contribution in [0.1, 0.15) is 5.56 Å². The van der Waals surface area contributed by atoms with Gasteiger partial charge in [0.05, 0.1) is 28.4 Å². The molecule has 0 aliphatic rings. The lowest BCUT2D eigenvalue weighted by Crippen LogP contribution is -2.15. The molecule has 4 rings (SSSR count). The summed E-state index contributed by atoms with van der Waals surface area (Å²) in [5.41, 5.74) is 1.48. The average Bonchev–Trinajstić information content (AvgIpc) is 3.48. The fourth-order valence-corrected chi connectivity index (χ4v) is 4.62. The highest BCUT2D eigenvalue weighted by atomic mass is 32.2. The van der Waals surface area contributed by atoms with Crippen LogP contribution in [0.4, 0.5) is 11.4 Å². The minimum Gasteiger partial charge on any atom is -0.495 e. The second-order valence-corrected chi connectivity index (χ2v) is 8.80. The number of para-hydroxylation sites is 2. The third-order valence-corrected chi connectivity index (χ3v) is 6.45. The van der Waals surface area contributed by atoms with E-state index in [4.69, 9.17) is 4.74 Å². The number of thiophene rings is 1. The molecule has 0 saturated carbocycles. The Morgan fingerprint density at radius 3 is 2.76 bits per heavy atom.